The molecule has 0 aliphatic carbocycles. The molecule has 0 bridgehead atoms. The summed E-state index contributed by atoms with van der Waals surface area (Å²) in [6.07, 6.45) is 0. The van der Waals surface area contributed by atoms with Gasteiger partial charge < -0.3 is 19.1 Å². The maximum atomic E-state index is 7.20. The van der Waals surface area contributed by atoms with E-state index in [1.165, 1.54) is 61.1 Å². The van der Waals surface area contributed by atoms with Crippen LogP contribution in [0.3, 0.4) is 0 Å². The summed E-state index contributed by atoms with van der Waals surface area (Å²) in [6.45, 7) is 32.0. The van der Waals surface area contributed by atoms with Crippen LogP contribution in [0.15, 0.2) is 186 Å². The zero-order valence-electron chi connectivity index (χ0n) is 47.6. The van der Waals surface area contributed by atoms with Crippen molar-refractivity contribution in [3.05, 3.63) is 215 Å². The molecule has 0 spiro atoms. The Kier molecular flexibility index (Phi) is 11.7. The predicted octanol–water partition coefficient (Wildman–Crippen LogP) is 18.6. The Balaban J connectivity index is 1.22. The molecule has 2 aliphatic rings. The van der Waals surface area contributed by atoms with Gasteiger partial charge in [-0.1, -0.05) is 209 Å². The van der Waals surface area contributed by atoms with E-state index in [9.17, 15) is 0 Å². The Morgan fingerprint density at radius 1 is 0.377 bits per heavy atom. The molecule has 0 atom stereocenters. The second-order valence-corrected chi connectivity index (χ2v) is 26.1. The molecule has 0 amide bonds. The van der Waals surface area contributed by atoms with E-state index >= 15 is 0 Å². The summed E-state index contributed by atoms with van der Waals surface area (Å²) in [6, 6.07) is 69.3. The van der Waals surface area contributed by atoms with Crippen molar-refractivity contribution in [2.24, 2.45) is 0 Å². The zero-order valence-corrected chi connectivity index (χ0v) is 47.6. The molecule has 0 saturated carbocycles. The maximum Gasteiger partial charge on any atom is 0.252 e. The van der Waals surface area contributed by atoms with Crippen molar-refractivity contribution in [3.63, 3.8) is 0 Å². The number of furan rings is 1. The summed E-state index contributed by atoms with van der Waals surface area (Å²) in [5.41, 5.74) is 25.4. The molecular formula is C72H72BN3O. The first-order chi connectivity index (χ1) is 36.5. The SMILES string of the molecule is Cc1ccc(N(c2ccc(C)cc2)c2cc3c4c(c2)N(c2ccccc2-c2cccc5c2oc2c(C(C)(C)C)cccc25)c2ccc(C(C)(C)C)cc2B4c2cc(C(C)(C)C)ccc2N3c2ccc(C(C)(C)C)cc2)cc1. The van der Waals surface area contributed by atoms with Crippen LogP contribution in [-0.4, -0.2) is 6.71 Å². The van der Waals surface area contributed by atoms with Gasteiger partial charge in [0.05, 0.1) is 11.4 Å². The minimum absolute atomic E-state index is 0.00333. The highest BCUT2D eigenvalue weighted by molar-refractivity contribution is 7.00. The molecule has 5 heteroatoms. The molecular weight excluding hydrogens is 934 g/mol. The van der Waals surface area contributed by atoms with Gasteiger partial charge in [0.2, 0.25) is 0 Å². The Labute approximate surface area is 458 Å². The minimum Gasteiger partial charge on any atom is -0.455 e. The number of fused-ring (bicyclic) bond motifs is 7. The number of hydrogen-bond donors (Lipinski definition) is 0. The molecule has 0 N–H and O–H groups in total. The topological polar surface area (TPSA) is 22.9 Å². The van der Waals surface area contributed by atoms with Gasteiger partial charge >= 0.3 is 0 Å². The number of rotatable bonds is 6. The smallest absolute Gasteiger partial charge is 0.252 e. The van der Waals surface area contributed by atoms with Crippen LogP contribution in [0, 0.1) is 13.8 Å². The lowest BCUT2D eigenvalue weighted by molar-refractivity contribution is 0.573. The molecule has 0 radical (unpaired) electrons. The highest BCUT2D eigenvalue weighted by atomic mass is 16.3. The van der Waals surface area contributed by atoms with Crippen LogP contribution >= 0.6 is 0 Å². The van der Waals surface area contributed by atoms with E-state index in [0.717, 1.165) is 72.9 Å². The van der Waals surface area contributed by atoms with Crippen molar-refractivity contribution in [1.29, 1.82) is 0 Å². The van der Waals surface area contributed by atoms with Crippen molar-refractivity contribution >= 4 is 96.2 Å². The van der Waals surface area contributed by atoms with E-state index < -0.39 is 0 Å². The fraction of sp³-hybridized carbons (Fsp3) is 0.250. The molecule has 9 aromatic carbocycles. The van der Waals surface area contributed by atoms with Crippen molar-refractivity contribution in [2.75, 3.05) is 14.7 Å². The first-order valence-corrected chi connectivity index (χ1v) is 27.7. The van der Waals surface area contributed by atoms with Crippen LogP contribution < -0.4 is 31.1 Å². The molecule has 0 saturated heterocycles. The highest BCUT2D eigenvalue weighted by Crippen LogP contribution is 2.51. The normalized spacial score (nSPS) is 13.5. The summed E-state index contributed by atoms with van der Waals surface area (Å²) in [5.74, 6) is 0. The molecule has 0 unspecified atom stereocenters. The Morgan fingerprint density at radius 2 is 0.857 bits per heavy atom. The Bertz CT molecular complexity index is 3880. The summed E-state index contributed by atoms with van der Waals surface area (Å²) in [7, 11) is 0. The molecule has 384 valence electrons. The van der Waals surface area contributed by atoms with E-state index in [4.69, 9.17) is 4.42 Å². The minimum atomic E-state index is -0.102. The average Bonchev–Trinajstić information content (AvgIpc) is 3.89. The van der Waals surface area contributed by atoms with Gasteiger partial charge in [-0.05, 0) is 135 Å². The molecule has 3 heterocycles. The lowest BCUT2D eigenvalue weighted by Crippen LogP contribution is -2.61. The summed E-state index contributed by atoms with van der Waals surface area (Å²) < 4.78 is 7.20. The van der Waals surface area contributed by atoms with E-state index in [-0.39, 0.29) is 28.4 Å². The molecule has 2 aliphatic heterocycles. The average molecular weight is 1010 g/mol. The van der Waals surface area contributed by atoms with Gasteiger partial charge in [0, 0.05) is 67.3 Å². The standard InChI is InChI=1S/C72H72BN3O/c1-45-25-33-50(34-26-45)74(51-35-27-46(2)28-36-51)53-43-64-66-65(44-53)76(61-24-16-15-19-54(61)55-20-17-21-56-57-22-18-23-58(72(12,13)14)68(57)77-67(55)56)63-40-32-49(71(9,10)11)42-60(63)73(66)59-41-48(70(6,7)8)31-39-62(59)75(64)52-37-29-47(30-38-52)69(3,4)5/h15-44H,1-14H3. The van der Waals surface area contributed by atoms with Crippen LogP contribution in [-0.2, 0) is 21.7 Å². The summed E-state index contributed by atoms with van der Waals surface area (Å²) in [5, 5.41) is 2.27. The highest BCUT2D eigenvalue weighted by Gasteiger charge is 2.45. The Hall–Kier alpha value is -7.76. The van der Waals surface area contributed by atoms with Gasteiger partial charge in [0.1, 0.15) is 11.2 Å². The van der Waals surface area contributed by atoms with Crippen molar-refractivity contribution in [3.8, 4) is 11.1 Å². The molecule has 0 fully saturated rings. The first kappa shape index (κ1) is 50.1. The van der Waals surface area contributed by atoms with Gasteiger partial charge in [-0.25, -0.2) is 0 Å². The number of para-hydroxylation sites is 3. The zero-order chi connectivity index (χ0) is 54.1. The molecule has 1 aromatic heterocycles. The fourth-order valence-electron chi connectivity index (χ4n) is 12.1. The van der Waals surface area contributed by atoms with Gasteiger partial charge in [0.15, 0.2) is 0 Å². The fourth-order valence-corrected chi connectivity index (χ4v) is 12.1. The number of hydrogen-bond acceptors (Lipinski definition) is 4. The molecule has 77 heavy (non-hydrogen) atoms. The van der Waals surface area contributed by atoms with Crippen LogP contribution in [0.5, 0.6) is 0 Å². The third kappa shape index (κ3) is 8.54. The van der Waals surface area contributed by atoms with Gasteiger partial charge in [-0.3, -0.25) is 0 Å². The van der Waals surface area contributed by atoms with Crippen molar-refractivity contribution in [2.45, 2.75) is 119 Å². The lowest BCUT2D eigenvalue weighted by atomic mass is 9.33. The molecule has 10 aromatic rings. The van der Waals surface area contributed by atoms with Gasteiger partial charge in [-0.2, -0.15) is 0 Å². The second-order valence-electron chi connectivity index (χ2n) is 26.1. The summed E-state index contributed by atoms with van der Waals surface area (Å²) in [4.78, 5) is 7.62. The maximum absolute atomic E-state index is 7.20. The summed E-state index contributed by atoms with van der Waals surface area (Å²) >= 11 is 0. The molecule has 12 rings (SSSR count). The van der Waals surface area contributed by atoms with E-state index in [0.29, 0.717) is 0 Å². The van der Waals surface area contributed by atoms with Crippen molar-refractivity contribution in [1.82, 2.24) is 0 Å². The van der Waals surface area contributed by atoms with E-state index in [1.54, 1.807) is 0 Å². The number of aryl methyl sites for hydroxylation is 2. The number of benzene rings is 9. The largest absolute Gasteiger partial charge is 0.455 e. The monoisotopic (exact) mass is 1010 g/mol. The third-order valence-electron chi connectivity index (χ3n) is 16.4. The Morgan fingerprint density at radius 3 is 1.40 bits per heavy atom. The van der Waals surface area contributed by atoms with Crippen LogP contribution in [0.4, 0.5) is 51.2 Å². The van der Waals surface area contributed by atoms with Gasteiger partial charge in [0.25, 0.3) is 6.71 Å². The van der Waals surface area contributed by atoms with Crippen LogP contribution in [0.25, 0.3) is 33.1 Å². The third-order valence-corrected chi connectivity index (χ3v) is 16.4. The first-order valence-electron chi connectivity index (χ1n) is 27.7. The van der Waals surface area contributed by atoms with Crippen molar-refractivity contribution < 1.29 is 4.42 Å². The molecule has 4 nitrogen and oxygen atoms in total. The van der Waals surface area contributed by atoms with Crippen LogP contribution in [0.2, 0.25) is 0 Å². The number of anilines is 9. The second kappa shape index (κ2) is 17.9. The van der Waals surface area contributed by atoms with E-state index in [2.05, 4.69) is 294 Å². The lowest BCUT2D eigenvalue weighted by Gasteiger charge is -2.46. The van der Waals surface area contributed by atoms with E-state index in [1.807, 2.05) is 0 Å². The quantitative estimate of drug-likeness (QED) is 0.155. The van der Waals surface area contributed by atoms with Crippen LogP contribution in [0.1, 0.15) is 116 Å². The van der Waals surface area contributed by atoms with Gasteiger partial charge in [-0.15, -0.1) is 0 Å². The predicted molar refractivity (Wildman–Crippen MR) is 332 cm³/mol. The number of nitrogens with zero attached hydrogens (tertiary/aromatic N) is 3.